The third-order valence-corrected chi connectivity index (χ3v) is 4.69. The fraction of sp³-hybridized carbons (Fsp3) is 0.667. The molecular formula is C18H28O2. The van der Waals surface area contributed by atoms with Crippen LogP contribution in [0.1, 0.15) is 81.4 Å². The van der Waals surface area contributed by atoms with Gasteiger partial charge in [0.25, 0.3) is 0 Å². The van der Waals surface area contributed by atoms with E-state index in [0.29, 0.717) is 5.92 Å². The second-order valence-electron chi connectivity index (χ2n) is 6.09. The van der Waals surface area contributed by atoms with Crippen LogP contribution in [0.15, 0.2) is 6.07 Å². The second-order valence-corrected chi connectivity index (χ2v) is 6.09. The predicted molar refractivity (Wildman–Crippen MR) is 83.6 cm³/mol. The summed E-state index contributed by atoms with van der Waals surface area (Å²) in [7, 11) is 0. The summed E-state index contributed by atoms with van der Waals surface area (Å²) >= 11 is 0. The molecule has 2 nitrogen and oxygen atoms in total. The highest BCUT2D eigenvalue weighted by Crippen LogP contribution is 2.44. The predicted octanol–water partition coefficient (Wildman–Crippen LogP) is 5.05. The van der Waals surface area contributed by atoms with Crippen molar-refractivity contribution < 1.29 is 10.2 Å². The van der Waals surface area contributed by atoms with Gasteiger partial charge in [-0.3, -0.25) is 0 Å². The molecule has 0 bridgehead atoms. The molecule has 0 saturated heterocycles. The quantitative estimate of drug-likeness (QED) is 0.739. The molecule has 0 aromatic heterocycles. The van der Waals surface area contributed by atoms with E-state index in [-0.39, 0.29) is 11.5 Å². The number of unbranched alkanes of at least 4 members (excludes halogenated alkanes) is 1. The van der Waals surface area contributed by atoms with Crippen LogP contribution in [0.5, 0.6) is 11.5 Å². The molecule has 0 atom stereocenters. The SMILES string of the molecule is CCCCc1cc(O)c(O)c(C2CCCCC2)c1CC. The smallest absolute Gasteiger partial charge is 0.161 e. The van der Waals surface area contributed by atoms with Crippen molar-refractivity contribution in [3.05, 3.63) is 22.8 Å². The molecule has 1 aromatic carbocycles. The third kappa shape index (κ3) is 3.11. The number of hydrogen-bond donors (Lipinski definition) is 2. The minimum atomic E-state index is 0.0777. The average Bonchev–Trinajstić information content (AvgIpc) is 2.48. The van der Waals surface area contributed by atoms with Gasteiger partial charge in [0.15, 0.2) is 11.5 Å². The zero-order chi connectivity index (χ0) is 14.5. The van der Waals surface area contributed by atoms with Gasteiger partial charge in [-0.25, -0.2) is 0 Å². The number of phenols is 2. The first-order chi connectivity index (χ1) is 9.69. The summed E-state index contributed by atoms with van der Waals surface area (Å²) in [4.78, 5) is 0. The van der Waals surface area contributed by atoms with Gasteiger partial charge in [-0.2, -0.15) is 0 Å². The molecule has 0 heterocycles. The first-order valence-corrected chi connectivity index (χ1v) is 8.25. The van der Waals surface area contributed by atoms with Crippen molar-refractivity contribution in [1.82, 2.24) is 0 Å². The largest absolute Gasteiger partial charge is 0.504 e. The van der Waals surface area contributed by atoms with Gasteiger partial charge in [0.2, 0.25) is 0 Å². The molecule has 1 aliphatic carbocycles. The number of aromatic hydroxyl groups is 2. The summed E-state index contributed by atoms with van der Waals surface area (Å²) < 4.78 is 0. The summed E-state index contributed by atoms with van der Waals surface area (Å²) in [6.07, 6.45) is 10.3. The van der Waals surface area contributed by atoms with Crippen molar-refractivity contribution in [3.8, 4) is 11.5 Å². The molecular weight excluding hydrogens is 248 g/mol. The van der Waals surface area contributed by atoms with Crippen molar-refractivity contribution in [2.24, 2.45) is 0 Å². The average molecular weight is 276 g/mol. The normalized spacial score (nSPS) is 16.5. The van der Waals surface area contributed by atoms with Gasteiger partial charge in [0.1, 0.15) is 0 Å². The van der Waals surface area contributed by atoms with Crippen LogP contribution in [0.25, 0.3) is 0 Å². The molecule has 1 fully saturated rings. The van der Waals surface area contributed by atoms with Crippen molar-refractivity contribution in [2.45, 2.75) is 77.6 Å². The molecule has 0 amide bonds. The molecule has 2 N–H and O–H groups in total. The Morgan fingerprint density at radius 1 is 1.10 bits per heavy atom. The molecule has 20 heavy (non-hydrogen) atoms. The first kappa shape index (κ1) is 15.2. The standard InChI is InChI=1S/C18H28O2/c1-3-5-9-14-12-16(19)18(20)17(15(14)4-2)13-10-7-6-8-11-13/h12-13,19-20H,3-11H2,1-2H3. The van der Waals surface area contributed by atoms with Gasteiger partial charge in [0.05, 0.1) is 0 Å². The van der Waals surface area contributed by atoms with E-state index in [9.17, 15) is 10.2 Å². The molecule has 112 valence electrons. The van der Waals surface area contributed by atoms with Crippen LogP contribution in [0.2, 0.25) is 0 Å². The lowest BCUT2D eigenvalue weighted by molar-refractivity contribution is 0.378. The summed E-state index contributed by atoms with van der Waals surface area (Å²) in [6, 6.07) is 1.79. The topological polar surface area (TPSA) is 40.5 Å². The van der Waals surface area contributed by atoms with E-state index in [1.165, 1.54) is 30.4 Å². The maximum absolute atomic E-state index is 10.4. The van der Waals surface area contributed by atoms with Crippen molar-refractivity contribution >= 4 is 0 Å². The highest BCUT2D eigenvalue weighted by atomic mass is 16.3. The third-order valence-electron chi connectivity index (χ3n) is 4.69. The maximum Gasteiger partial charge on any atom is 0.161 e. The number of phenolic OH excluding ortho intramolecular Hbond substituents is 2. The Morgan fingerprint density at radius 3 is 2.40 bits per heavy atom. The number of benzene rings is 1. The molecule has 0 spiro atoms. The lowest BCUT2D eigenvalue weighted by atomic mass is 9.79. The zero-order valence-corrected chi connectivity index (χ0v) is 12.9. The van der Waals surface area contributed by atoms with Crippen LogP contribution < -0.4 is 0 Å². The van der Waals surface area contributed by atoms with E-state index < -0.39 is 0 Å². The Morgan fingerprint density at radius 2 is 1.80 bits per heavy atom. The van der Waals surface area contributed by atoms with E-state index in [1.807, 2.05) is 0 Å². The van der Waals surface area contributed by atoms with Gasteiger partial charge in [0, 0.05) is 5.56 Å². The Bertz CT molecular complexity index is 445. The Balaban J connectivity index is 2.42. The molecule has 2 rings (SSSR count). The minimum absolute atomic E-state index is 0.0777. The lowest BCUT2D eigenvalue weighted by Gasteiger charge is -2.27. The molecule has 1 saturated carbocycles. The molecule has 0 unspecified atom stereocenters. The summed E-state index contributed by atoms with van der Waals surface area (Å²) in [5.41, 5.74) is 3.59. The van der Waals surface area contributed by atoms with Crippen molar-refractivity contribution in [1.29, 1.82) is 0 Å². The van der Waals surface area contributed by atoms with Gasteiger partial charge < -0.3 is 10.2 Å². The van der Waals surface area contributed by atoms with Crippen LogP contribution >= 0.6 is 0 Å². The van der Waals surface area contributed by atoms with Gasteiger partial charge in [-0.1, -0.05) is 39.5 Å². The molecule has 0 radical (unpaired) electrons. The van der Waals surface area contributed by atoms with Gasteiger partial charge in [-0.15, -0.1) is 0 Å². The van der Waals surface area contributed by atoms with Crippen LogP contribution in [-0.4, -0.2) is 10.2 Å². The first-order valence-electron chi connectivity index (χ1n) is 8.25. The highest BCUT2D eigenvalue weighted by molar-refractivity contribution is 5.55. The second kappa shape index (κ2) is 7.01. The zero-order valence-electron chi connectivity index (χ0n) is 12.9. The van der Waals surface area contributed by atoms with Crippen LogP contribution in [0, 0.1) is 0 Å². The highest BCUT2D eigenvalue weighted by Gasteiger charge is 2.24. The Labute approximate surface area is 122 Å². The monoisotopic (exact) mass is 276 g/mol. The van der Waals surface area contributed by atoms with Crippen molar-refractivity contribution in [3.63, 3.8) is 0 Å². The van der Waals surface area contributed by atoms with Crippen LogP contribution in [-0.2, 0) is 12.8 Å². The molecule has 1 aromatic rings. The minimum Gasteiger partial charge on any atom is -0.504 e. The number of aryl methyl sites for hydroxylation is 1. The van der Waals surface area contributed by atoms with Gasteiger partial charge >= 0.3 is 0 Å². The summed E-state index contributed by atoms with van der Waals surface area (Å²) in [5.74, 6) is 0.661. The van der Waals surface area contributed by atoms with Gasteiger partial charge in [-0.05, 0) is 55.2 Å². The maximum atomic E-state index is 10.4. The van der Waals surface area contributed by atoms with E-state index in [0.717, 1.165) is 44.1 Å². The summed E-state index contributed by atoms with van der Waals surface area (Å²) in [6.45, 7) is 4.35. The number of hydrogen-bond acceptors (Lipinski definition) is 2. The lowest BCUT2D eigenvalue weighted by Crippen LogP contribution is -2.10. The Hall–Kier alpha value is -1.18. The fourth-order valence-electron chi connectivity index (χ4n) is 3.61. The van der Waals surface area contributed by atoms with E-state index >= 15 is 0 Å². The van der Waals surface area contributed by atoms with E-state index in [1.54, 1.807) is 6.07 Å². The van der Waals surface area contributed by atoms with E-state index in [4.69, 9.17) is 0 Å². The fourth-order valence-corrected chi connectivity index (χ4v) is 3.61. The van der Waals surface area contributed by atoms with E-state index in [2.05, 4.69) is 13.8 Å². The van der Waals surface area contributed by atoms with Crippen LogP contribution in [0.4, 0.5) is 0 Å². The molecule has 0 aliphatic heterocycles. The molecule has 2 heteroatoms. The molecule has 1 aliphatic rings. The van der Waals surface area contributed by atoms with Crippen molar-refractivity contribution in [2.75, 3.05) is 0 Å². The summed E-state index contributed by atoms with van der Waals surface area (Å²) in [5, 5.41) is 20.4. The Kier molecular flexibility index (Phi) is 5.33. The van der Waals surface area contributed by atoms with Crippen LogP contribution in [0.3, 0.4) is 0 Å². The number of rotatable bonds is 5.